The van der Waals surface area contributed by atoms with Crippen LogP contribution in [0.1, 0.15) is 10.6 Å². The molecule has 0 saturated carbocycles. The molecule has 0 aliphatic carbocycles. The van der Waals surface area contributed by atoms with Crippen LogP contribution in [-0.2, 0) is 7.05 Å². The van der Waals surface area contributed by atoms with Gasteiger partial charge < -0.3 is 18.9 Å². The van der Waals surface area contributed by atoms with Gasteiger partial charge in [-0.1, -0.05) is 11.3 Å². The molecule has 1 amide bonds. The van der Waals surface area contributed by atoms with Gasteiger partial charge in [-0.25, -0.2) is 9.97 Å². The summed E-state index contributed by atoms with van der Waals surface area (Å²) in [5.74, 6) is 1.52. The number of amides is 1. The van der Waals surface area contributed by atoms with E-state index in [-0.39, 0.29) is 5.91 Å². The Morgan fingerprint density at radius 2 is 1.89 bits per heavy atom. The van der Waals surface area contributed by atoms with E-state index in [0.717, 1.165) is 4.70 Å². The van der Waals surface area contributed by atoms with Crippen LogP contribution in [0.5, 0.6) is 11.5 Å². The number of likely N-dealkylation sites (N-methyl/N-ethyl adjacent to an activating group) is 1. The smallest absolute Gasteiger partial charge is 0.296 e. The van der Waals surface area contributed by atoms with Crippen molar-refractivity contribution in [2.24, 2.45) is 7.05 Å². The molecule has 1 aromatic carbocycles. The molecule has 27 heavy (non-hydrogen) atoms. The monoisotopic (exact) mass is 389 g/mol. The van der Waals surface area contributed by atoms with Crippen molar-refractivity contribution in [1.29, 1.82) is 0 Å². The average molecular weight is 389 g/mol. The summed E-state index contributed by atoms with van der Waals surface area (Å²) in [6.07, 6.45) is 3.36. The van der Waals surface area contributed by atoms with E-state index in [0.29, 0.717) is 41.1 Å². The van der Waals surface area contributed by atoms with Crippen LogP contribution in [0.2, 0.25) is 0 Å². The van der Waals surface area contributed by atoms with Crippen LogP contribution in [0.4, 0.5) is 5.13 Å². The van der Waals surface area contributed by atoms with Gasteiger partial charge in [0.25, 0.3) is 5.91 Å². The summed E-state index contributed by atoms with van der Waals surface area (Å²) in [6.45, 7) is 1.18. The van der Waals surface area contributed by atoms with Gasteiger partial charge >= 0.3 is 0 Å². The lowest BCUT2D eigenvalue weighted by Gasteiger charge is -2.21. The second-order valence-corrected chi connectivity index (χ2v) is 7.24. The van der Waals surface area contributed by atoms with E-state index in [1.165, 1.54) is 11.3 Å². The van der Waals surface area contributed by atoms with E-state index in [4.69, 9.17) is 14.5 Å². The van der Waals surface area contributed by atoms with Crippen LogP contribution in [0.15, 0.2) is 24.5 Å². The minimum Gasteiger partial charge on any atom is -0.495 e. The number of methoxy groups -OCH3 is 2. The van der Waals surface area contributed by atoms with E-state index in [1.54, 1.807) is 43.1 Å². The number of hydrogen-bond donors (Lipinski definition) is 0. The Bertz CT molecular complexity index is 909. The summed E-state index contributed by atoms with van der Waals surface area (Å²) >= 11 is 1.40. The topological polar surface area (TPSA) is 72.7 Å². The molecule has 0 aliphatic rings. The van der Waals surface area contributed by atoms with Gasteiger partial charge in [-0.3, -0.25) is 9.69 Å². The maximum absolute atomic E-state index is 13.2. The second-order valence-electron chi connectivity index (χ2n) is 6.27. The highest BCUT2D eigenvalue weighted by Gasteiger charge is 2.25. The lowest BCUT2D eigenvalue weighted by Crippen LogP contribution is -2.38. The molecular formula is C18H23N5O3S. The van der Waals surface area contributed by atoms with Crippen molar-refractivity contribution >= 4 is 32.6 Å². The molecule has 2 aromatic heterocycles. The largest absolute Gasteiger partial charge is 0.495 e. The lowest BCUT2D eigenvalue weighted by molar-refractivity contribution is 0.0972. The van der Waals surface area contributed by atoms with E-state index in [2.05, 4.69) is 4.98 Å². The zero-order valence-electron chi connectivity index (χ0n) is 16.1. The van der Waals surface area contributed by atoms with Crippen molar-refractivity contribution in [3.8, 4) is 11.5 Å². The number of aryl methyl sites for hydroxylation is 1. The average Bonchev–Trinajstić information content (AvgIpc) is 3.27. The molecule has 9 heteroatoms. The third-order valence-electron chi connectivity index (χ3n) is 4.16. The Kier molecular flexibility index (Phi) is 5.62. The Hall–Kier alpha value is -2.65. The van der Waals surface area contributed by atoms with Crippen molar-refractivity contribution in [3.63, 3.8) is 0 Å². The number of thiazole rings is 1. The SMILES string of the molecule is COc1ccc(OC)c2sc(N(CCN(C)C)C(=O)c3nccn3C)nc12. The van der Waals surface area contributed by atoms with Crippen LogP contribution in [-0.4, -0.2) is 66.7 Å². The summed E-state index contributed by atoms with van der Waals surface area (Å²) in [4.78, 5) is 25.7. The van der Waals surface area contributed by atoms with Crippen molar-refractivity contribution < 1.29 is 14.3 Å². The van der Waals surface area contributed by atoms with E-state index < -0.39 is 0 Å². The quantitative estimate of drug-likeness (QED) is 0.617. The molecule has 0 radical (unpaired) electrons. The second kappa shape index (κ2) is 7.93. The maximum Gasteiger partial charge on any atom is 0.296 e. The van der Waals surface area contributed by atoms with Crippen LogP contribution >= 0.6 is 11.3 Å². The number of rotatable bonds is 7. The molecule has 2 heterocycles. The predicted octanol–water partition coefficient (Wildman–Crippen LogP) is 2.26. The number of carbonyl (C=O) groups excluding carboxylic acids is 1. The zero-order valence-corrected chi connectivity index (χ0v) is 16.9. The first-order valence-electron chi connectivity index (χ1n) is 8.41. The number of aromatic nitrogens is 3. The van der Waals surface area contributed by atoms with Crippen molar-refractivity contribution in [3.05, 3.63) is 30.4 Å². The van der Waals surface area contributed by atoms with E-state index in [9.17, 15) is 4.79 Å². The summed E-state index contributed by atoms with van der Waals surface area (Å²) in [7, 11) is 8.95. The van der Waals surface area contributed by atoms with E-state index >= 15 is 0 Å². The number of anilines is 1. The number of ether oxygens (including phenoxy) is 2. The van der Waals surface area contributed by atoms with Gasteiger partial charge in [0.15, 0.2) is 11.0 Å². The van der Waals surface area contributed by atoms with Crippen molar-refractivity contribution in [2.75, 3.05) is 46.3 Å². The minimum absolute atomic E-state index is 0.193. The fourth-order valence-corrected chi connectivity index (χ4v) is 3.76. The maximum atomic E-state index is 13.2. The number of carbonyl (C=O) groups is 1. The fourth-order valence-electron chi connectivity index (χ4n) is 2.67. The van der Waals surface area contributed by atoms with Crippen molar-refractivity contribution in [2.45, 2.75) is 0 Å². The van der Waals surface area contributed by atoms with Crippen LogP contribution in [0, 0.1) is 0 Å². The molecule has 0 unspecified atom stereocenters. The molecule has 3 rings (SSSR count). The normalized spacial score (nSPS) is 11.2. The molecule has 0 aliphatic heterocycles. The van der Waals surface area contributed by atoms with Gasteiger partial charge in [-0.05, 0) is 26.2 Å². The Labute approximate surface area is 161 Å². The molecule has 0 fully saturated rings. The number of imidazole rings is 1. The molecule has 0 bridgehead atoms. The van der Waals surface area contributed by atoms with Gasteiger partial charge in [0, 0.05) is 32.5 Å². The number of hydrogen-bond acceptors (Lipinski definition) is 7. The molecule has 3 aromatic rings. The van der Waals surface area contributed by atoms with Gasteiger partial charge in [0.1, 0.15) is 21.7 Å². The Morgan fingerprint density at radius 3 is 2.48 bits per heavy atom. The Balaban J connectivity index is 2.08. The summed E-state index contributed by atoms with van der Waals surface area (Å²) in [5, 5.41) is 0.586. The summed E-state index contributed by atoms with van der Waals surface area (Å²) in [6, 6.07) is 3.66. The van der Waals surface area contributed by atoms with Gasteiger partial charge in [0.2, 0.25) is 0 Å². The first-order chi connectivity index (χ1) is 13.0. The fraction of sp³-hybridized carbons (Fsp3) is 0.389. The van der Waals surface area contributed by atoms with Gasteiger partial charge in [0.05, 0.1) is 14.2 Å². The van der Waals surface area contributed by atoms with Crippen LogP contribution < -0.4 is 14.4 Å². The molecule has 0 spiro atoms. The Morgan fingerprint density at radius 1 is 1.19 bits per heavy atom. The highest BCUT2D eigenvalue weighted by molar-refractivity contribution is 7.22. The molecule has 144 valence electrons. The third-order valence-corrected chi connectivity index (χ3v) is 5.25. The van der Waals surface area contributed by atoms with Gasteiger partial charge in [-0.15, -0.1) is 0 Å². The third kappa shape index (κ3) is 3.74. The molecule has 8 nitrogen and oxygen atoms in total. The molecule has 0 N–H and O–H groups in total. The zero-order chi connectivity index (χ0) is 19.6. The van der Waals surface area contributed by atoms with Crippen LogP contribution in [0.25, 0.3) is 10.2 Å². The van der Waals surface area contributed by atoms with E-state index in [1.807, 2.05) is 31.1 Å². The summed E-state index contributed by atoms with van der Waals surface area (Å²) in [5.41, 5.74) is 0.680. The molecule has 0 saturated heterocycles. The predicted molar refractivity (Wildman–Crippen MR) is 106 cm³/mol. The highest BCUT2D eigenvalue weighted by atomic mass is 32.1. The van der Waals surface area contributed by atoms with Gasteiger partial charge in [-0.2, -0.15) is 0 Å². The number of nitrogens with zero attached hydrogens (tertiary/aromatic N) is 5. The summed E-state index contributed by atoms with van der Waals surface area (Å²) < 4.78 is 13.4. The number of benzene rings is 1. The van der Waals surface area contributed by atoms with Crippen LogP contribution in [0.3, 0.4) is 0 Å². The minimum atomic E-state index is -0.193. The lowest BCUT2D eigenvalue weighted by atomic mass is 10.3. The van der Waals surface area contributed by atoms with Crippen molar-refractivity contribution in [1.82, 2.24) is 19.4 Å². The molecular weight excluding hydrogens is 366 g/mol. The first kappa shape index (κ1) is 19.1. The standard InChI is InChI=1S/C18H23N5O3S/c1-21(2)10-11-23(17(24)16-19-8-9-22(16)3)18-20-14-12(25-4)6-7-13(26-5)15(14)27-18/h6-9H,10-11H2,1-5H3. The first-order valence-corrected chi connectivity index (χ1v) is 9.23. The molecule has 0 atom stereocenters. The number of fused-ring (bicyclic) bond motifs is 1. The highest BCUT2D eigenvalue weighted by Crippen LogP contribution is 2.40.